The predicted molar refractivity (Wildman–Crippen MR) is 37.4 cm³/mol. The van der Waals surface area contributed by atoms with Crippen molar-refractivity contribution in [2.24, 2.45) is 5.92 Å². The summed E-state index contributed by atoms with van der Waals surface area (Å²) in [6.45, 7) is 0. The zero-order chi connectivity index (χ0) is 9.41. The fraction of sp³-hybridized carbons (Fsp3) is 1.00. The van der Waals surface area contributed by atoms with Crippen LogP contribution in [0.3, 0.4) is 0 Å². The third-order valence-corrected chi connectivity index (χ3v) is 3.73. The average molecular weight is 202 g/mol. The normalized spacial score (nSPS) is 25.6. The van der Waals surface area contributed by atoms with Crippen LogP contribution in [0.4, 0.5) is 13.2 Å². The highest BCUT2D eigenvalue weighted by Crippen LogP contribution is 2.34. The van der Waals surface area contributed by atoms with E-state index in [1.807, 2.05) is 0 Å². The van der Waals surface area contributed by atoms with Gasteiger partial charge in [-0.2, -0.15) is 13.2 Å². The lowest BCUT2D eigenvalue weighted by Gasteiger charge is -2.23. The molecule has 72 valence electrons. The Bertz CT molecular complexity index is 240. The van der Waals surface area contributed by atoms with Crippen LogP contribution in [0.5, 0.6) is 0 Å². The molecule has 1 rings (SSSR count). The number of rotatable bonds is 0. The molecule has 0 amide bonds. The number of hydrogen-bond acceptors (Lipinski definition) is 2. The van der Waals surface area contributed by atoms with Crippen LogP contribution in [0.15, 0.2) is 0 Å². The van der Waals surface area contributed by atoms with Gasteiger partial charge in [-0.3, -0.25) is 0 Å². The minimum atomic E-state index is -4.23. The zero-order valence-electron chi connectivity index (χ0n) is 6.26. The van der Waals surface area contributed by atoms with Crippen molar-refractivity contribution < 1.29 is 21.6 Å². The molecule has 1 heterocycles. The Kier molecular flexibility index (Phi) is 2.38. The van der Waals surface area contributed by atoms with E-state index >= 15 is 0 Å². The molecule has 0 atom stereocenters. The molecule has 0 aliphatic carbocycles. The zero-order valence-corrected chi connectivity index (χ0v) is 7.08. The van der Waals surface area contributed by atoms with Crippen molar-refractivity contribution in [1.82, 2.24) is 0 Å². The van der Waals surface area contributed by atoms with Gasteiger partial charge >= 0.3 is 6.18 Å². The van der Waals surface area contributed by atoms with Crippen LogP contribution in [0.25, 0.3) is 0 Å². The second-order valence-electron chi connectivity index (χ2n) is 2.97. The molecule has 0 aromatic heterocycles. The third kappa shape index (κ3) is 2.36. The molecule has 1 aliphatic heterocycles. The van der Waals surface area contributed by atoms with Crippen LogP contribution < -0.4 is 0 Å². The summed E-state index contributed by atoms with van der Waals surface area (Å²) in [6.07, 6.45) is -4.77. The van der Waals surface area contributed by atoms with Gasteiger partial charge in [-0.25, -0.2) is 8.42 Å². The molecule has 0 aromatic carbocycles. The Morgan fingerprint density at radius 3 is 1.83 bits per heavy atom. The van der Waals surface area contributed by atoms with E-state index in [-0.39, 0.29) is 24.3 Å². The van der Waals surface area contributed by atoms with E-state index in [1.54, 1.807) is 0 Å². The number of alkyl halides is 3. The molecule has 1 saturated heterocycles. The number of hydrogen-bond donors (Lipinski definition) is 0. The van der Waals surface area contributed by atoms with Crippen LogP contribution in [0, 0.1) is 5.92 Å². The summed E-state index contributed by atoms with van der Waals surface area (Å²) in [4.78, 5) is 0. The van der Waals surface area contributed by atoms with Crippen molar-refractivity contribution in [1.29, 1.82) is 0 Å². The highest BCUT2D eigenvalue weighted by atomic mass is 32.2. The van der Waals surface area contributed by atoms with Gasteiger partial charge in [0.15, 0.2) is 0 Å². The van der Waals surface area contributed by atoms with Gasteiger partial charge in [0.2, 0.25) is 0 Å². The van der Waals surface area contributed by atoms with Crippen molar-refractivity contribution in [3.63, 3.8) is 0 Å². The second kappa shape index (κ2) is 2.90. The molecule has 0 bridgehead atoms. The van der Waals surface area contributed by atoms with E-state index in [1.165, 1.54) is 0 Å². The summed E-state index contributed by atoms with van der Waals surface area (Å²) < 4.78 is 57.5. The van der Waals surface area contributed by atoms with E-state index in [2.05, 4.69) is 0 Å². The molecule has 0 radical (unpaired) electrons. The molecule has 0 saturated carbocycles. The van der Waals surface area contributed by atoms with Crippen LogP contribution in [-0.2, 0) is 9.84 Å². The summed E-state index contributed by atoms with van der Waals surface area (Å²) >= 11 is 0. The molecule has 6 heteroatoms. The van der Waals surface area contributed by atoms with Gasteiger partial charge in [-0.05, 0) is 12.8 Å². The topological polar surface area (TPSA) is 34.1 Å². The number of sulfone groups is 1. The van der Waals surface area contributed by atoms with Crippen molar-refractivity contribution >= 4 is 9.84 Å². The van der Waals surface area contributed by atoms with Crippen molar-refractivity contribution in [2.75, 3.05) is 11.5 Å². The average Bonchev–Trinajstić information content (AvgIpc) is 1.83. The van der Waals surface area contributed by atoms with E-state index < -0.39 is 21.9 Å². The lowest BCUT2D eigenvalue weighted by molar-refractivity contribution is -0.176. The Morgan fingerprint density at radius 2 is 1.50 bits per heavy atom. The largest absolute Gasteiger partial charge is 0.391 e. The maximum atomic E-state index is 12.0. The van der Waals surface area contributed by atoms with Crippen molar-refractivity contribution in [3.8, 4) is 0 Å². The van der Waals surface area contributed by atoms with Gasteiger partial charge < -0.3 is 0 Å². The second-order valence-corrected chi connectivity index (χ2v) is 5.27. The summed E-state index contributed by atoms with van der Waals surface area (Å²) in [7, 11) is -3.18. The highest BCUT2D eigenvalue weighted by molar-refractivity contribution is 7.91. The first-order valence-corrected chi connectivity index (χ1v) is 5.40. The van der Waals surface area contributed by atoms with Crippen LogP contribution in [-0.4, -0.2) is 26.1 Å². The molecule has 1 fully saturated rings. The summed E-state index contributed by atoms with van der Waals surface area (Å²) in [6, 6.07) is 0. The first-order chi connectivity index (χ1) is 5.31. The van der Waals surface area contributed by atoms with Gasteiger partial charge in [0.25, 0.3) is 0 Å². The summed E-state index contributed by atoms with van der Waals surface area (Å²) in [5.74, 6) is -2.06. The van der Waals surface area contributed by atoms with E-state index in [4.69, 9.17) is 0 Å². The number of halogens is 3. The Balaban J connectivity index is 2.58. The minimum absolute atomic E-state index is 0.272. The maximum absolute atomic E-state index is 12.0. The molecule has 0 spiro atoms. The van der Waals surface area contributed by atoms with Gasteiger partial charge in [-0.1, -0.05) is 0 Å². The standard InChI is InChI=1S/C6H9F3O2S/c7-6(8,9)5-1-3-12(10,11)4-2-5/h5H,1-4H2. The van der Waals surface area contributed by atoms with E-state index in [0.29, 0.717) is 0 Å². The molecule has 0 N–H and O–H groups in total. The fourth-order valence-electron chi connectivity index (χ4n) is 1.22. The monoisotopic (exact) mass is 202 g/mol. The first kappa shape index (κ1) is 9.83. The maximum Gasteiger partial charge on any atom is 0.391 e. The molecular formula is C6H9F3O2S. The minimum Gasteiger partial charge on any atom is -0.229 e. The lowest BCUT2D eigenvalue weighted by Crippen LogP contribution is -2.32. The smallest absolute Gasteiger partial charge is 0.229 e. The van der Waals surface area contributed by atoms with Gasteiger partial charge in [0.05, 0.1) is 17.4 Å². The molecule has 2 nitrogen and oxygen atoms in total. The van der Waals surface area contributed by atoms with Crippen LogP contribution in [0.2, 0.25) is 0 Å². The van der Waals surface area contributed by atoms with Crippen molar-refractivity contribution in [2.45, 2.75) is 19.0 Å². The highest BCUT2D eigenvalue weighted by Gasteiger charge is 2.42. The fourth-order valence-corrected chi connectivity index (χ4v) is 2.71. The predicted octanol–water partition coefficient (Wildman–Crippen LogP) is 1.37. The third-order valence-electron chi connectivity index (χ3n) is 2.02. The summed E-state index contributed by atoms with van der Waals surface area (Å²) in [5, 5.41) is 0. The van der Waals surface area contributed by atoms with E-state index in [9.17, 15) is 21.6 Å². The molecule has 12 heavy (non-hydrogen) atoms. The van der Waals surface area contributed by atoms with Gasteiger partial charge in [0.1, 0.15) is 9.84 Å². The Morgan fingerprint density at radius 1 is 1.08 bits per heavy atom. The Hall–Kier alpha value is -0.260. The quantitative estimate of drug-likeness (QED) is 0.594. The SMILES string of the molecule is O=S1(=O)CCC(C(F)(F)F)CC1. The molecule has 1 aliphatic rings. The molecule has 0 aromatic rings. The van der Waals surface area contributed by atoms with Gasteiger partial charge in [0, 0.05) is 0 Å². The van der Waals surface area contributed by atoms with Crippen molar-refractivity contribution in [3.05, 3.63) is 0 Å². The summed E-state index contributed by atoms with van der Waals surface area (Å²) in [5.41, 5.74) is 0. The van der Waals surface area contributed by atoms with Gasteiger partial charge in [-0.15, -0.1) is 0 Å². The lowest BCUT2D eigenvalue weighted by atomic mass is 10.0. The molecule has 0 unspecified atom stereocenters. The van der Waals surface area contributed by atoms with E-state index in [0.717, 1.165) is 0 Å². The Labute approximate surface area is 68.7 Å². The van der Waals surface area contributed by atoms with Crippen LogP contribution in [0.1, 0.15) is 12.8 Å². The molecular weight excluding hydrogens is 193 g/mol. The van der Waals surface area contributed by atoms with Crippen LogP contribution >= 0.6 is 0 Å². The first-order valence-electron chi connectivity index (χ1n) is 3.58.